The maximum absolute atomic E-state index is 13.5. The molecule has 0 aliphatic carbocycles. The number of hydrogen-bond acceptors (Lipinski definition) is 3. The Morgan fingerprint density at radius 2 is 2.21 bits per heavy atom. The molecule has 0 radical (unpaired) electrons. The third-order valence-corrected chi connectivity index (χ3v) is 3.81. The van der Waals surface area contributed by atoms with Crippen molar-refractivity contribution in [3.05, 3.63) is 62.7 Å². The maximum atomic E-state index is 13.5. The molecule has 0 amide bonds. The van der Waals surface area contributed by atoms with E-state index in [1.165, 1.54) is 18.3 Å². The molecule has 0 spiro atoms. The Kier molecular flexibility index (Phi) is 3.08. The van der Waals surface area contributed by atoms with Crippen molar-refractivity contribution < 1.29 is 4.39 Å². The largest absolute Gasteiger partial charge is 0.339 e. The zero-order chi connectivity index (χ0) is 13.4. The summed E-state index contributed by atoms with van der Waals surface area (Å²) in [5.41, 5.74) is 1.62. The predicted molar refractivity (Wildman–Crippen MR) is 73.5 cm³/mol. The minimum Gasteiger partial charge on any atom is -0.339 e. The summed E-state index contributed by atoms with van der Waals surface area (Å²) in [6.07, 6.45) is 3.01. The molecule has 0 saturated heterocycles. The molecule has 0 N–H and O–H groups in total. The number of pyridine rings is 2. The third-order valence-electron chi connectivity index (χ3n) is 2.72. The number of halogens is 2. The average Bonchev–Trinajstić information content (AvgIpc) is 2.72. The van der Waals surface area contributed by atoms with E-state index in [4.69, 9.17) is 11.6 Å². The molecule has 1 aromatic rings. The second-order valence-corrected chi connectivity index (χ2v) is 5.52. The van der Waals surface area contributed by atoms with Gasteiger partial charge in [0, 0.05) is 25.0 Å². The second kappa shape index (κ2) is 4.75. The Bertz CT molecular complexity index is 750. The summed E-state index contributed by atoms with van der Waals surface area (Å²) in [6, 6.07) is 6.39. The summed E-state index contributed by atoms with van der Waals surface area (Å²) in [5.74, 6) is -0.365. The van der Waals surface area contributed by atoms with Crippen molar-refractivity contribution >= 4 is 22.9 Å². The SMILES string of the molecule is O=c1cc2n(Cc3ccc(Cl)nc3)cc(F)cc-2s1. The Morgan fingerprint density at radius 1 is 1.37 bits per heavy atom. The van der Waals surface area contributed by atoms with E-state index in [0.717, 1.165) is 22.6 Å². The van der Waals surface area contributed by atoms with Gasteiger partial charge in [-0.25, -0.2) is 9.37 Å². The molecule has 2 aliphatic rings. The highest BCUT2D eigenvalue weighted by Gasteiger charge is 2.12. The van der Waals surface area contributed by atoms with Crippen LogP contribution in [0.2, 0.25) is 5.15 Å². The number of rotatable bonds is 2. The highest BCUT2D eigenvalue weighted by molar-refractivity contribution is 7.13. The summed E-state index contributed by atoms with van der Waals surface area (Å²) in [7, 11) is 0. The van der Waals surface area contributed by atoms with Gasteiger partial charge in [0.25, 0.3) is 0 Å². The van der Waals surface area contributed by atoms with Gasteiger partial charge in [-0.1, -0.05) is 29.0 Å². The van der Waals surface area contributed by atoms with Gasteiger partial charge in [-0.15, -0.1) is 0 Å². The van der Waals surface area contributed by atoms with Crippen molar-refractivity contribution in [1.29, 1.82) is 0 Å². The normalized spacial score (nSPS) is 11.1. The fourth-order valence-corrected chi connectivity index (χ4v) is 2.86. The van der Waals surface area contributed by atoms with Crippen LogP contribution in [0.3, 0.4) is 0 Å². The van der Waals surface area contributed by atoms with Crippen LogP contribution in [0.5, 0.6) is 0 Å². The molecular formula is C13H8ClFN2OS. The Hall–Kier alpha value is -1.72. The van der Waals surface area contributed by atoms with E-state index < -0.39 is 0 Å². The van der Waals surface area contributed by atoms with E-state index in [2.05, 4.69) is 4.98 Å². The molecule has 3 nitrogen and oxygen atoms in total. The first-order valence-corrected chi connectivity index (χ1v) is 6.71. The highest BCUT2D eigenvalue weighted by atomic mass is 35.5. The Balaban J connectivity index is 2.05. The monoisotopic (exact) mass is 294 g/mol. The van der Waals surface area contributed by atoms with Gasteiger partial charge in [0.05, 0.1) is 10.6 Å². The minimum atomic E-state index is -0.365. The van der Waals surface area contributed by atoms with Gasteiger partial charge in [-0.2, -0.15) is 0 Å². The number of aromatic nitrogens is 2. The van der Waals surface area contributed by atoms with Crippen molar-refractivity contribution in [2.45, 2.75) is 6.54 Å². The molecular weight excluding hydrogens is 287 g/mol. The second-order valence-electron chi connectivity index (χ2n) is 4.09. The molecule has 0 saturated carbocycles. The molecule has 0 fully saturated rings. The zero-order valence-electron chi connectivity index (χ0n) is 9.64. The molecule has 3 rings (SSSR count). The van der Waals surface area contributed by atoms with E-state index in [1.807, 2.05) is 6.07 Å². The van der Waals surface area contributed by atoms with E-state index in [-0.39, 0.29) is 10.6 Å². The van der Waals surface area contributed by atoms with Crippen LogP contribution >= 0.6 is 22.9 Å². The molecule has 96 valence electrons. The first-order valence-electron chi connectivity index (χ1n) is 5.52. The van der Waals surface area contributed by atoms with Crippen LogP contribution in [0.15, 0.2) is 41.5 Å². The van der Waals surface area contributed by atoms with Gasteiger partial charge in [0.1, 0.15) is 11.0 Å². The fourth-order valence-electron chi connectivity index (χ4n) is 1.91. The third kappa shape index (κ3) is 2.52. The lowest BCUT2D eigenvalue weighted by atomic mass is 10.2. The topological polar surface area (TPSA) is 34.9 Å². The number of hydrogen-bond donors (Lipinski definition) is 0. The van der Waals surface area contributed by atoms with Crippen LogP contribution in [0.4, 0.5) is 4.39 Å². The van der Waals surface area contributed by atoms with Gasteiger partial charge in [-0.3, -0.25) is 4.79 Å². The molecule has 0 unspecified atom stereocenters. The van der Waals surface area contributed by atoms with Gasteiger partial charge in [0.2, 0.25) is 4.74 Å². The quantitative estimate of drug-likeness (QED) is 0.680. The molecule has 19 heavy (non-hydrogen) atoms. The summed E-state index contributed by atoms with van der Waals surface area (Å²) in [5, 5.41) is 0.413. The molecule has 0 aromatic carbocycles. The van der Waals surface area contributed by atoms with Crippen LogP contribution in [0.1, 0.15) is 5.56 Å². The first kappa shape index (κ1) is 12.3. The standard InChI is InChI=1S/C13H8ClFN2OS/c14-12-2-1-8(5-16-12)6-17-7-9(15)3-11-10(17)4-13(18)19-11/h1-5,7H,6H2. The van der Waals surface area contributed by atoms with Crippen LogP contribution in [0.25, 0.3) is 10.6 Å². The smallest absolute Gasteiger partial charge is 0.235 e. The predicted octanol–water partition coefficient (Wildman–Crippen LogP) is 3.25. The molecule has 3 heterocycles. The average molecular weight is 295 g/mol. The van der Waals surface area contributed by atoms with Crippen molar-refractivity contribution in [3.8, 4) is 10.6 Å². The lowest BCUT2D eigenvalue weighted by Gasteiger charge is -2.12. The first-order chi connectivity index (χ1) is 9.11. The Morgan fingerprint density at radius 3 is 2.95 bits per heavy atom. The fraction of sp³-hybridized carbons (Fsp3) is 0.0769. The number of thiophene rings is 1. The molecule has 0 bridgehead atoms. The number of fused-ring (bicyclic) bond motifs is 1. The van der Waals surface area contributed by atoms with Gasteiger partial charge in [0.15, 0.2) is 0 Å². The summed E-state index contributed by atoms with van der Waals surface area (Å²) < 4.78 is 15.1. The van der Waals surface area contributed by atoms with Crippen LogP contribution in [-0.2, 0) is 6.54 Å². The van der Waals surface area contributed by atoms with Crippen LogP contribution in [0, 0.1) is 5.82 Å². The van der Waals surface area contributed by atoms with Gasteiger partial charge >= 0.3 is 0 Å². The van der Waals surface area contributed by atoms with Crippen molar-refractivity contribution in [3.63, 3.8) is 0 Å². The zero-order valence-corrected chi connectivity index (χ0v) is 11.2. The Labute approximate surface area is 117 Å². The van der Waals surface area contributed by atoms with E-state index in [1.54, 1.807) is 16.8 Å². The summed E-state index contributed by atoms with van der Waals surface area (Å²) >= 11 is 6.76. The molecule has 2 aliphatic heterocycles. The van der Waals surface area contributed by atoms with Gasteiger partial charge in [-0.05, 0) is 17.7 Å². The van der Waals surface area contributed by atoms with Gasteiger partial charge < -0.3 is 4.57 Å². The van der Waals surface area contributed by atoms with E-state index in [0.29, 0.717) is 16.6 Å². The van der Waals surface area contributed by atoms with E-state index in [9.17, 15) is 9.18 Å². The lowest BCUT2D eigenvalue weighted by Crippen LogP contribution is -2.05. The summed E-state index contributed by atoms with van der Waals surface area (Å²) in [6.45, 7) is 0.439. The highest BCUT2D eigenvalue weighted by Crippen LogP contribution is 2.26. The van der Waals surface area contributed by atoms with Crippen molar-refractivity contribution in [2.24, 2.45) is 0 Å². The van der Waals surface area contributed by atoms with Crippen LogP contribution < -0.4 is 4.74 Å². The molecule has 0 atom stereocenters. The maximum Gasteiger partial charge on any atom is 0.235 e. The lowest BCUT2D eigenvalue weighted by molar-refractivity contribution is 0.603. The molecule has 1 aromatic heterocycles. The number of nitrogens with zero attached hydrogens (tertiary/aromatic N) is 2. The van der Waals surface area contributed by atoms with Crippen molar-refractivity contribution in [2.75, 3.05) is 0 Å². The minimum absolute atomic E-state index is 0.0800. The molecule has 6 heteroatoms. The van der Waals surface area contributed by atoms with E-state index >= 15 is 0 Å². The van der Waals surface area contributed by atoms with Crippen molar-refractivity contribution in [1.82, 2.24) is 9.55 Å². The summed E-state index contributed by atoms with van der Waals surface area (Å²) in [4.78, 5) is 16.0. The van der Waals surface area contributed by atoms with Crippen LogP contribution in [-0.4, -0.2) is 9.55 Å².